The largest absolute Gasteiger partial charge is 0.469 e. The average Bonchev–Trinajstić information content (AvgIpc) is 2.75. The molecule has 3 fully saturated rings. The molecule has 23 heavy (non-hydrogen) atoms. The molecule has 0 N–H and O–H groups in total. The Labute approximate surface area is 140 Å². The molecule has 0 heterocycles. The molecular weight excluding hydrogens is 284 g/mol. The lowest BCUT2D eigenvalue weighted by atomic mass is 9.44. The van der Waals surface area contributed by atoms with Crippen LogP contribution in [0.15, 0.2) is 23.8 Å². The minimum Gasteiger partial charge on any atom is -0.469 e. The topological polar surface area (TPSA) is 26.3 Å². The first kappa shape index (κ1) is 15.5. The van der Waals surface area contributed by atoms with Gasteiger partial charge in [-0.05, 0) is 74.5 Å². The third kappa shape index (κ3) is 1.84. The van der Waals surface area contributed by atoms with E-state index < -0.39 is 0 Å². The van der Waals surface area contributed by atoms with Crippen molar-refractivity contribution >= 4 is 5.97 Å². The van der Waals surface area contributed by atoms with Crippen molar-refractivity contribution in [2.24, 2.45) is 28.1 Å². The van der Waals surface area contributed by atoms with Crippen molar-refractivity contribution in [3.05, 3.63) is 23.8 Å². The van der Waals surface area contributed by atoms with Gasteiger partial charge in [-0.15, -0.1) is 0 Å². The Hall–Kier alpha value is -1.05. The molecule has 126 valence electrons. The highest BCUT2D eigenvalue weighted by Gasteiger charge is 2.62. The molecule has 2 heteroatoms. The first-order valence-electron chi connectivity index (χ1n) is 9.33. The molecule has 2 nitrogen and oxygen atoms in total. The van der Waals surface area contributed by atoms with Gasteiger partial charge in [0.05, 0.1) is 12.5 Å². The van der Waals surface area contributed by atoms with Gasteiger partial charge in [0.15, 0.2) is 0 Å². The minimum absolute atomic E-state index is 0.00879. The van der Waals surface area contributed by atoms with Crippen LogP contribution in [0.2, 0.25) is 0 Å². The van der Waals surface area contributed by atoms with E-state index in [1.54, 1.807) is 12.7 Å². The Morgan fingerprint density at radius 3 is 2.83 bits per heavy atom. The van der Waals surface area contributed by atoms with Gasteiger partial charge in [-0.2, -0.15) is 0 Å². The standard InChI is InChI=1S/C21H30O2/c1-14-12-21-11-8-16-19(2,17(21)7-6-15(14)13-21)9-5-10-20(16,3)18(22)23-4/h7,15-16H,1,5-6,8-13H2,2-4H3/t15-,16+,19-,20-,21-/m1/s1. The molecule has 1 spiro atoms. The van der Waals surface area contributed by atoms with E-state index in [0.717, 1.165) is 18.8 Å². The lowest BCUT2D eigenvalue weighted by Gasteiger charge is -2.60. The lowest BCUT2D eigenvalue weighted by molar-refractivity contribution is -0.165. The second-order valence-corrected chi connectivity index (χ2v) is 9.14. The van der Waals surface area contributed by atoms with Gasteiger partial charge in [0.2, 0.25) is 0 Å². The van der Waals surface area contributed by atoms with E-state index in [9.17, 15) is 4.79 Å². The predicted octanol–water partition coefficient (Wildman–Crippen LogP) is 5.05. The number of rotatable bonds is 1. The molecule has 0 radical (unpaired) electrons. The zero-order chi connectivity index (χ0) is 16.5. The highest BCUT2D eigenvalue weighted by molar-refractivity contribution is 5.77. The molecular formula is C21H30O2. The van der Waals surface area contributed by atoms with Crippen LogP contribution in [-0.4, -0.2) is 13.1 Å². The number of fused-ring (bicyclic) bond motifs is 3. The Bertz CT molecular complexity index is 603. The molecule has 0 aromatic heterocycles. The first-order chi connectivity index (χ1) is 10.9. The Morgan fingerprint density at radius 1 is 1.30 bits per heavy atom. The van der Waals surface area contributed by atoms with E-state index in [4.69, 9.17) is 4.74 Å². The third-order valence-corrected chi connectivity index (χ3v) is 8.07. The van der Waals surface area contributed by atoms with Gasteiger partial charge in [0.1, 0.15) is 0 Å². The molecule has 0 aromatic carbocycles. The molecule has 4 aliphatic carbocycles. The molecule has 5 atom stereocenters. The highest BCUT2D eigenvalue weighted by atomic mass is 16.5. The number of hydrogen-bond acceptors (Lipinski definition) is 2. The number of hydrogen-bond donors (Lipinski definition) is 0. The van der Waals surface area contributed by atoms with Crippen molar-refractivity contribution < 1.29 is 9.53 Å². The van der Waals surface area contributed by atoms with Gasteiger partial charge in [0, 0.05) is 0 Å². The molecule has 0 saturated heterocycles. The van der Waals surface area contributed by atoms with E-state index in [0.29, 0.717) is 11.3 Å². The average molecular weight is 314 g/mol. The molecule has 0 amide bonds. The van der Waals surface area contributed by atoms with Crippen molar-refractivity contribution in [2.75, 3.05) is 7.11 Å². The highest BCUT2D eigenvalue weighted by Crippen LogP contribution is 2.70. The monoisotopic (exact) mass is 314 g/mol. The van der Waals surface area contributed by atoms with Crippen molar-refractivity contribution in [1.82, 2.24) is 0 Å². The van der Waals surface area contributed by atoms with Crippen LogP contribution in [0.4, 0.5) is 0 Å². The Balaban J connectivity index is 1.78. The van der Waals surface area contributed by atoms with Crippen molar-refractivity contribution in [3.8, 4) is 0 Å². The van der Waals surface area contributed by atoms with Crippen LogP contribution in [0, 0.1) is 28.1 Å². The summed E-state index contributed by atoms with van der Waals surface area (Å²) in [5.74, 6) is 1.16. The van der Waals surface area contributed by atoms with Crippen molar-refractivity contribution in [3.63, 3.8) is 0 Å². The molecule has 4 rings (SSSR count). The van der Waals surface area contributed by atoms with Crippen LogP contribution in [0.3, 0.4) is 0 Å². The normalized spacial score (nSPS) is 48.3. The Morgan fingerprint density at radius 2 is 2.09 bits per heavy atom. The van der Waals surface area contributed by atoms with Gasteiger partial charge < -0.3 is 4.74 Å². The quantitative estimate of drug-likeness (QED) is 0.500. The van der Waals surface area contributed by atoms with Crippen LogP contribution in [0.1, 0.15) is 65.2 Å². The van der Waals surface area contributed by atoms with E-state index in [2.05, 4.69) is 26.5 Å². The fraction of sp³-hybridized carbons (Fsp3) is 0.762. The molecule has 4 aliphatic rings. The molecule has 0 aliphatic heterocycles. The number of carbonyl (C=O) groups excluding carboxylic acids is 1. The second kappa shape index (κ2) is 4.74. The van der Waals surface area contributed by atoms with Crippen molar-refractivity contribution in [2.45, 2.75) is 65.2 Å². The maximum absolute atomic E-state index is 12.6. The van der Waals surface area contributed by atoms with E-state index in [1.807, 2.05) is 0 Å². The predicted molar refractivity (Wildman–Crippen MR) is 91.8 cm³/mol. The molecule has 2 bridgehead atoms. The molecule has 0 aromatic rings. The second-order valence-electron chi connectivity index (χ2n) is 9.14. The number of ether oxygens (including phenoxy) is 1. The fourth-order valence-electron chi connectivity index (χ4n) is 7.10. The number of methoxy groups -OCH3 is 1. The van der Waals surface area contributed by atoms with Gasteiger partial charge in [-0.3, -0.25) is 4.79 Å². The maximum atomic E-state index is 12.6. The fourth-order valence-corrected chi connectivity index (χ4v) is 7.10. The summed E-state index contributed by atoms with van der Waals surface area (Å²) in [6.07, 6.45) is 12.0. The summed E-state index contributed by atoms with van der Waals surface area (Å²) in [6.45, 7) is 8.99. The summed E-state index contributed by atoms with van der Waals surface area (Å²) < 4.78 is 5.23. The third-order valence-electron chi connectivity index (χ3n) is 8.07. The number of esters is 1. The van der Waals surface area contributed by atoms with Crippen LogP contribution in [0.25, 0.3) is 0 Å². The van der Waals surface area contributed by atoms with Crippen LogP contribution >= 0.6 is 0 Å². The number of allylic oxidation sites excluding steroid dienone is 3. The molecule has 3 saturated carbocycles. The minimum atomic E-state index is -0.309. The summed E-state index contributed by atoms with van der Waals surface area (Å²) in [5, 5.41) is 0. The number of carbonyl (C=O) groups is 1. The summed E-state index contributed by atoms with van der Waals surface area (Å²) in [7, 11) is 1.55. The van der Waals surface area contributed by atoms with E-state index in [-0.39, 0.29) is 16.8 Å². The maximum Gasteiger partial charge on any atom is 0.311 e. The summed E-state index contributed by atoms with van der Waals surface area (Å²) in [4.78, 5) is 12.6. The van der Waals surface area contributed by atoms with Crippen LogP contribution in [-0.2, 0) is 9.53 Å². The SMILES string of the molecule is C=C1C[C@@]23CC[C@@H]4[C@](C)(C(=O)OC)CCC[C@@]4(C)C2=CC[C@@H]1C3. The zero-order valence-electron chi connectivity index (χ0n) is 14.9. The summed E-state index contributed by atoms with van der Waals surface area (Å²) >= 11 is 0. The smallest absolute Gasteiger partial charge is 0.311 e. The van der Waals surface area contributed by atoms with Crippen LogP contribution in [0.5, 0.6) is 0 Å². The van der Waals surface area contributed by atoms with Gasteiger partial charge in [-0.1, -0.05) is 37.1 Å². The summed E-state index contributed by atoms with van der Waals surface area (Å²) in [6, 6.07) is 0. The van der Waals surface area contributed by atoms with E-state index in [1.165, 1.54) is 44.1 Å². The van der Waals surface area contributed by atoms with Gasteiger partial charge in [0.25, 0.3) is 0 Å². The van der Waals surface area contributed by atoms with Crippen LogP contribution < -0.4 is 0 Å². The zero-order valence-corrected chi connectivity index (χ0v) is 14.9. The van der Waals surface area contributed by atoms with Gasteiger partial charge in [-0.25, -0.2) is 0 Å². The molecule has 0 unspecified atom stereocenters. The van der Waals surface area contributed by atoms with E-state index >= 15 is 0 Å². The van der Waals surface area contributed by atoms with Crippen molar-refractivity contribution in [1.29, 1.82) is 0 Å². The van der Waals surface area contributed by atoms with Gasteiger partial charge >= 0.3 is 5.97 Å². The summed E-state index contributed by atoms with van der Waals surface area (Å²) in [5.41, 5.74) is 3.40. The Kier molecular flexibility index (Phi) is 3.19. The first-order valence-corrected chi connectivity index (χ1v) is 9.33. The lowest BCUT2D eigenvalue weighted by Crippen LogP contribution is -2.54.